The van der Waals surface area contributed by atoms with Gasteiger partial charge in [-0.3, -0.25) is 29.5 Å². The van der Waals surface area contributed by atoms with Gasteiger partial charge >= 0.3 is 11.9 Å². The zero-order valence-electron chi connectivity index (χ0n) is 39.2. The van der Waals surface area contributed by atoms with E-state index < -0.39 is 5.97 Å². The normalized spacial score (nSPS) is 22.5. The van der Waals surface area contributed by atoms with Crippen LogP contribution in [0.4, 0.5) is 0 Å². The van der Waals surface area contributed by atoms with Crippen molar-refractivity contribution in [2.24, 2.45) is 10.8 Å². The molecule has 0 saturated heterocycles. The number of aliphatic carboxylic acids is 1. The highest BCUT2D eigenvalue weighted by Gasteiger charge is 2.62. The first-order chi connectivity index (χ1) is 32.0. The van der Waals surface area contributed by atoms with E-state index in [4.69, 9.17) is 33.6 Å². The highest BCUT2D eigenvalue weighted by Crippen LogP contribution is 2.67. The number of carbonyl (C=O) groups excluding carboxylic acids is 1. The molecular weight excluding hydrogens is 865 g/mol. The predicted octanol–water partition coefficient (Wildman–Crippen LogP) is 10.1. The molecule has 360 valence electrons. The summed E-state index contributed by atoms with van der Waals surface area (Å²) in [5.74, 6) is 0.0607. The summed E-state index contributed by atoms with van der Waals surface area (Å²) < 4.78 is 20.7. The van der Waals surface area contributed by atoms with Crippen molar-refractivity contribution in [2.75, 3.05) is 6.61 Å². The number of benzene rings is 2. The molecule has 2 fully saturated rings. The summed E-state index contributed by atoms with van der Waals surface area (Å²) in [5, 5.41) is 35.5. The number of aromatic nitrogens is 6. The van der Waals surface area contributed by atoms with Crippen molar-refractivity contribution in [3.05, 3.63) is 142 Å². The van der Waals surface area contributed by atoms with Gasteiger partial charge in [0, 0.05) is 46.6 Å². The number of nitrogens with zero attached hydrogens (tertiary/aromatic N) is 6. The summed E-state index contributed by atoms with van der Waals surface area (Å²) in [6.45, 7) is 16.4. The van der Waals surface area contributed by atoms with Crippen LogP contribution in [0.15, 0.2) is 94.6 Å². The van der Waals surface area contributed by atoms with Crippen LogP contribution in [0, 0.1) is 10.8 Å². The van der Waals surface area contributed by atoms with Gasteiger partial charge in [0.05, 0.1) is 84.0 Å². The quantitative estimate of drug-likeness (QED) is 0.0918. The van der Waals surface area contributed by atoms with Crippen molar-refractivity contribution in [3.63, 3.8) is 0 Å². The van der Waals surface area contributed by atoms with Crippen molar-refractivity contribution in [3.8, 4) is 11.5 Å². The summed E-state index contributed by atoms with van der Waals surface area (Å²) in [6.07, 6.45) is 11.4. The fraction of sp³-hybridized carbons (Fsp3) is 0.472. The third kappa shape index (κ3) is 9.12. The highest BCUT2D eigenvalue weighted by atomic mass is 16.5. The van der Waals surface area contributed by atoms with Crippen LogP contribution in [-0.4, -0.2) is 64.1 Å². The molecule has 68 heavy (non-hydrogen) atoms. The van der Waals surface area contributed by atoms with E-state index in [2.05, 4.69) is 61.8 Å². The van der Waals surface area contributed by atoms with Crippen molar-refractivity contribution >= 4 is 11.9 Å². The standard InChI is InChI=1S/C25H27N3O4.C14H15NO4.C13H18N2O.CH4/c1-24(2)19-8-10-25(24,3)23-22(19)27-16(13-26-23)14-31-17-6-4-15(5-7-17)18(12-21(29)30)20-9-11-32-28-20;1-2-18-14(17)9-12(13-7-8-19-15-13)10-3-5-11(16)6-4-10;1-12(2)9-4-5-13(12,3)11-10(9)15-8(7-16)6-14-11;/h4-7,9,11,13,18-19H,8,10,12,14H2,1-3H3,(H,29,30);3-8,12,16H,2,9H2,1H3;6,9,16H,4-5,7H2,1-3H3;1H4/t18-,19?,25?;12-;;/m00../s1. The number of aliphatic hydroxyl groups excluding tert-OH is 1. The molecule has 3 N–H and O–H groups in total. The average Bonchev–Trinajstić information content (AvgIpc) is 4.17. The topological polar surface area (TPSA) is 217 Å². The molecule has 6 atom stereocenters. The molecule has 4 aromatic heterocycles. The van der Waals surface area contributed by atoms with Crippen LogP contribution in [-0.2, 0) is 38.4 Å². The molecule has 0 amide bonds. The van der Waals surface area contributed by atoms with Crippen molar-refractivity contribution in [2.45, 2.75) is 142 Å². The van der Waals surface area contributed by atoms with E-state index in [9.17, 15) is 19.8 Å². The van der Waals surface area contributed by atoms with Gasteiger partial charge in [0.1, 0.15) is 30.6 Å². The van der Waals surface area contributed by atoms with Crippen molar-refractivity contribution in [1.29, 1.82) is 0 Å². The molecule has 4 unspecified atom stereocenters. The molecule has 4 bridgehead atoms. The van der Waals surface area contributed by atoms with Crippen LogP contribution in [0.25, 0.3) is 0 Å². The molecule has 10 rings (SSSR count). The van der Waals surface area contributed by atoms with E-state index in [-0.39, 0.29) is 72.1 Å². The van der Waals surface area contributed by atoms with E-state index in [0.717, 1.165) is 33.9 Å². The van der Waals surface area contributed by atoms with E-state index in [0.29, 0.717) is 47.9 Å². The van der Waals surface area contributed by atoms with Crippen LogP contribution in [0.2, 0.25) is 0 Å². The Morgan fingerprint density at radius 3 is 1.68 bits per heavy atom. The lowest BCUT2D eigenvalue weighted by Crippen LogP contribution is -2.31. The number of aliphatic hydroxyl groups is 1. The zero-order chi connectivity index (χ0) is 47.7. The zero-order valence-corrected chi connectivity index (χ0v) is 39.2. The van der Waals surface area contributed by atoms with Gasteiger partial charge in [-0.25, -0.2) is 0 Å². The first-order valence-electron chi connectivity index (χ1n) is 23.0. The van der Waals surface area contributed by atoms with E-state index in [1.807, 2.05) is 30.5 Å². The molecule has 2 saturated carbocycles. The molecule has 4 aliphatic carbocycles. The molecule has 0 radical (unpaired) electrons. The van der Waals surface area contributed by atoms with Gasteiger partial charge in [-0.1, -0.05) is 83.5 Å². The fourth-order valence-electron chi connectivity index (χ4n) is 11.0. The number of fused-ring (bicyclic) bond motifs is 10. The van der Waals surface area contributed by atoms with Crippen molar-refractivity contribution < 1.29 is 43.4 Å². The first kappa shape index (κ1) is 49.4. The maximum absolute atomic E-state index is 11.7. The number of phenolic OH excluding ortho intramolecular Hbond substituents is 1. The SMILES string of the molecule is C.CC12CCC(c3nc(CO)cnc31)C2(C)C.CC12CCC(c3nc(COc4ccc([C@H](CC(=O)O)c5ccon5)cc4)cnc31)C2(C)C.CCOC(=O)C[C@@H](c1ccc(O)cc1)c1ccon1. The third-order valence-corrected chi connectivity index (χ3v) is 15.7. The van der Waals surface area contributed by atoms with Gasteiger partial charge < -0.3 is 33.8 Å². The second-order valence-electron chi connectivity index (χ2n) is 19.6. The van der Waals surface area contributed by atoms with Crippen molar-refractivity contribution in [1.82, 2.24) is 30.2 Å². The Balaban J connectivity index is 0.000000162. The number of esters is 1. The lowest BCUT2D eigenvalue weighted by Gasteiger charge is -2.33. The minimum atomic E-state index is -0.890. The summed E-state index contributed by atoms with van der Waals surface area (Å²) in [7, 11) is 0. The summed E-state index contributed by atoms with van der Waals surface area (Å²) in [6, 6.07) is 17.5. The number of carboxylic acid groups (broad SMARTS) is 1. The Morgan fingerprint density at radius 2 is 1.21 bits per heavy atom. The fourth-order valence-corrected chi connectivity index (χ4v) is 11.0. The number of rotatable bonds is 13. The Hall–Kier alpha value is -6.48. The van der Waals surface area contributed by atoms with Gasteiger partial charge in [-0.05, 0) is 78.8 Å². The summed E-state index contributed by atoms with van der Waals surface area (Å²) in [5.41, 5.74) is 9.84. The van der Waals surface area contributed by atoms with Crippen LogP contribution < -0.4 is 4.74 Å². The Morgan fingerprint density at radius 1 is 0.721 bits per heavy atom. The lowest BCUT2D eigenvalue weighted by molar-refractivity contribution is -0.143. The van der Waals surface area contributed by atoms with Crippen LogP contribution in [0.3, 0.4) is 0 Å². The molecule has 6 aromatic rings. The number of carbonyl (C=O) groups is 2. The Bertz CT molecular complexity index is 2670. The number of hydrogen-bond acceptors (Lipinski definition) is 14. The smallest absolute Gasteiger partial charge is 0.306 e. The lowest BCUT2D eigenvalue weighted by atomic mass is 9.70. The maximum Gasteiger partial charge on any atom is 0.306 e. The molecule has 4 aliphatic rings. The number of aromatic hydroxyl groups is 1. The minimum absolute atomic E-state index is 0. The molecule has 15 nitrogen and oxygen atoms in total. The summed E-state index contributed by atoms with van der Waals surface area (Å²) in [4.78, 5) is 41.8. The average molecular weight is 929 g/mol. The largest absolute Gasteiger partial charge is 0.508 e. The summed E-state index contributed by atoms with van der Waals surface area (Å²) >= 11 is 0. The number of hydrogen-bond donors (Lipinski definition) is 3. The van der Waals surface area contributed by atoms with Crippen LogP contribution in [0.1, 0.15) is 175 Å². The van der Waals surface area contributed by atoms with E-state index in [1.165, 1.54) is 43.9 Å². The molecular formula is C53H64N6O9. The Labute approximate surface area is 397 Å². The van der Waals surface area contributed by atoms with Gasteiger partial charge in [0.2, 0.25) is 0 Å². The number of phenols is 1. The van der Waals surface area contributed by atoms with E-state index >= 15 is 0 Å². The number of carboxylic acids is 1. The van der Waals surface area contributed by atoms with Gasteiger partial charge in [-0.2, -0.15) is 0 Å². The van der Waals surface area contributed by atoms with E-state index in [1.54, 1.807) is 49.5 Å². The van der Waals surface area contributed by atoms with Crippen LogP contribution >= 0.6 is 0 Å². The molecule has 4 heterocycles. The number of ether oxygens (including phenoxy) is 2. The maximum atomic E-state index is 11.7. The third-order valence-electron chi connectivity index (χ3n) is 15.7. The minimum Gasteiger partial charge on any atom is -0.508 e. The van der Waals surface area contributed by atoms with Gasteiger partial charge in [0.25, 0.3) is 0 Å². The molecule has 15 heteroatoms. The van der Waals surface area contributed by atoms with Gasteiger partial charge in [-0.15, -0.1) is 0 Å². The predicted molar refractivity (Wildman–Crippen MR) is 252 cm³/mol. The molecule has 0 spiro atoms. The van der Waals surface area contributed by atoms with Crippen LogP contribution in [0.5, 0.6) is 11.5 Å². The van der Waals surface area contributed by atoms with Gasteiger partial charge in [0.15, 0.2) is 0 Å². The second-order valence-corrected chi connectivity index (χ2v) is 19.6. The first-order valence-corrected chi connectivity index (χ1v) is 23.0. The highest BCUT2D eigenvalue weighted by molar-refractivity contribution is 5.71. The molecule has 2 aromatic carbocycles. The second kappa shape index (κ2) is 19.6. The monoisotopic (exact) mass is 928 g/mol. The Kier molecular flexibility index (Phi) is 14.3. The molecule has 0 aliphatic heterocycles.